The first-order valence-electron chi connectivity index (χ1n) is 7.12. The van der Waals surface area contributed by atoms with Crippen molar-refractivity contribution in [3.63, 3.8) is 0 Å². The molecular formula is C17H14FNO7. The normalized spacial score (nSPS) is 13.4. The topological polar surface area (TPSA) is 113 Å². The van der Waals surface area contributed by atoms with Crippen LogP contribution in [0.4, 0.5) is 10.1 Å². The highest BCUT2D eigenvalue weighted by atomic mass is 19.1. The van der Waals surface area contributed by atoms with Gasteiger partial charge in [0.15, 0.2) is 11.6 Å². The van der Waals surface area contributed by atoms with Crippen molar-refractivity contribution in [1.29, 1.82) is 0 Å². The lowest BCUT2D eigenvalue weighted by Crippen LogP contribution is -2.28. The predicted molar refractivity (Wildman–Crippen MR) is 86.8 cm³/mol. The van der Waals surface area contributed by atoms with Gasteiger partial charge in [-0.05, 0) is 18.2 Å². The van der Waals surface area contributed by atoms with Gasteiger partial charge in [-0.15, -0.1) is 0 Å². The van der Waals surface area contributed by atoms with E-state index in [1.165, 1.54) is 24.4 Å². The number of carbonyl (C=O) groups excluding carboxylic acids is 2. The molecule has 2 rings (SSSR count). The number of aromatic hydroxyl groups is 1. The highest BCUT2D eigenvalue weighted by molar-refractivity contribution is 6.07. The molecular weight excluding hydrogens is 349 g/mol. The fourth-order valence-corrected chi connectivity index (χ4v) is 2.27. The maximum absolute atomic E-state index is 13.9. The van der Waals surface area contributed by atoms with E-state index >= 15 is 0 Å². The van der Waals surface area contributed by atoms with E-state index < -0.39 is 35.0 Å². The Balaban J connectivity index is 2.81. The Morgan fingerprint density at radius 1 is 1.08 bits per heavy atom. The second-order valence-electron chi connectivity index (χ2n) is 4.94. The van der Waals surface area contributed by atoms with Crippen molar-refractivity contribution in [2.75, 3.05) is 19.1 Å². The molecule has 0 saturated heterocycles. The number of benzene rings is 1. The zero-order valence-corrected chi connectivity index (χ0v) is 13.7. The molecule has 0 fully saturated rings. The maximum atomic E-state index is 13.9. The number of methoxy groups -OCH3 is 2. The van der Waals surface area contributed by atoms with Crippen molar-refractivity contribution in [3.8, 4) is 5.75 Å². The fourth-order valence-electron chi connectivity index (χ4n) is 2.27. The van der Waals surface area contributed by atoms with Crippen LogP contribution in [0.15, 0.2) is 47.8 Å². The summed E-state index contributed by atoms with van der Waals surface area (Å²) in [7, 11) is 2.17. The number of anilines is 1. The lowest BCUT2D eigenvalue weighted by atomic mass is 10.1. The third-order valence-electron chi connectivity index (χ3n) is 3.44. The molecule has 0 spiro atoms. The first-order chi connectivity index (χ1) is 12.3. The lowest BCUT2D eigenvalue weighted by Gasteiger charge is -2.24. The fraction of sp³-hybridized carbons (Fsp3) is 0.118. The molecule has 1 heterocycles. The summed E-state index contributed by atoms with van der Waals surface area (Å²) in [5, 5.41) is 18.8. The van der Waals surface area contributed by atoms with E-state index in [1.807, 2.05) is 0 Å². The number of aromatic carboxylic acids is 1. The van der Waals surface area contributed by atoms with Crippen molar-refractivity contribution < 1.29 is 38.5 Å². The molecule has 0 aromatic heterocycles. The van der Waals surface area contributed by atoms with Crippen LogP contribution in [0, 0.1) is 5.82 Å². The molecule has 0 saturated carbocycles. The van der Waals surface area contributed by atoms with Gasteiger partial charge in [0.25, 0.3) is 0 Å². The largest absolute Gasteiger partial charge is 0.505 e. The molecule has 1 aliphatic heterocycles. The van der Waals surface area contributed by atoms with Crippen LogP contribution in [0.25, 0.3) is 0 Å². The molecule has 0 bridgehead atoms. The summed E-state index contributed by atoms with van der Waals surface area (Å²) in [5.41, 5.74) is -1.40. The number of hydrogen-bond donors (Lipinski definition) is 2. The van der Waals surface area contributed by atoms with Crippen molar-refractivity contribution in [2.24, 2.45) is 0 Å². The number of phenols is 1. The van der Waals surface area contributed by atoms with Crippen LogP contribution in [-0.2, 0) is 19.1 Å². The van der Waals surface area contributed by atoms with Gasteiger partial charge in [0, 0.05) is 12.3 Å². The van der Waals surface area contributed by atoms with E-state index in [9.17, 15) is 29.0 Å². The Hall–Kier alpha value is -3.62. The van der Waals surface area contributed by atoms with Crippen LogP contribution >= 0.6 is 0 Å². The van der Waals surface area contributed by atoms with Crippen molar-refractivity contribution >= 4 is 23.6 Å². The van der Waals surface area contributed by atoms with E-state index in [-0.39, 0.29) is 17.0 Å². The van der Waals surface area contributed by atoms with Gasteiger partial charge >= 0.3 is 17.9 Å². The Kier molecular flexibility index (Phi) is 5.41. The molecule has 0 atom stereocenters. The Morgan fingerprint density at radius 2 is 1.73 bits per heavy atom. The first-order valence-corrected chi connectivity index (χ1v) is 7.12. The van der Waals surface area contributed by atoms with Crippen molar-refractivity contribution in [1.82, 2.24) is 0 Å². The van der Waals surface area contributed by atoms with Crippen LogP contribution < -0.4 is 4.90 Å². The van der Waals surface area contributed by atoms with E-state index in [1.54, 1.807) is 0 Å². The van der Waals surface area contributed by atoms with E-state index in [0.717, 1.165) is 25.2 Å². The first kappa shape index (κ1) is 18.7. The maximum Gasteiger partial charge on any atom is 0.355 e. The molecule has 0 radical (unpaired) electrons. The molecule has 0 unspecified atom stereocenters. The monoisotopic (exact) mass is 363 g/mol. The molecule has 0 aliphatic carbocycles. The Bertz CT molecular complexity index is 870. The molecule has 1 aromatic rings. The van der Waals surface area contributed by atoms with Gasteiger partial charge in [-0.2, -0.15) is 0 Å². The number of phenolic OH excluding ortho intramolecular Hbond substituents is 1. The Labute approximate surface area is 147 Å². The van der Waals surface area contributed by atoms with Gasteiger partial charge in [0.05, 0.1) is 31.0 Å². The highest BCUT2D eigenvalue weighted by Crippen LogP contribution is 2.33. The van der Waals surface area contributed by atoms with Gasteiger partial charge in [-0.1, -0.05) is 6.08 Å². The number of carboxylic acids is 1. The molecule has 1 aliphatic rings. The summed E-state index contributed by atoms with van der Waals surface area (Å²) in [6.07, 6.45) is 5.32. The molecule has 0 amide bonds. The number of carbonyl (C=O) groups is 3. The van der Waals surface area contributed by atoms with Crippen LogP contribution in [-0.4, -0.2) is 42.3 Å². The molecule has 1 aromatic carbocycles. The minimum absolute atomic E-state index is 0.228. The lowest BCUT2D eigenvalue weighted by molar-refractivity contribution is -0.139. The van der Waals surface area contributed by atoms with Gasteiger partial charge < -0.3 is 24.6 Å². The zero-order chi connectivity index (χ0) is 19.4. The minimum Gasteiger partial charge on any atom is -0.505 e. The third kappa shape index (κ3) is 3.41. The zero-order valence-electron chi connectivity index (χ0n) is 13.7. The van der Waals surface area contributed by atoms with Gasteiger partial charge in [0.2, 0.25) is 0 Å². The summed E-state index contributed by atoms with van der Waals surface area (Å²) < 4.78 is 23.2. The number of rotatable bonds is 4. The second kappa shape index (κ2) is 7.51. The number of hydrogen-bond acceptors (Lipinski definition) is 7. The van der Waals surface area contributed by atoms with Gasteiger partial charge in [-0.3, -0.25) is 0 Å². The summed E-state index contributed by atoms with van der Waals surface area (Å²) in [6, 6.07) is 1.43. The van der Waals surface area contributed by atoms with Crippen molar-refractivity contribution in [3.05, 3.63) is 59.2 Å². The Morgan fingerprint density at radius 3 is 2.31 bits per heavy atom. The minimum atomic E-state index is -1.48. The second-order valence-corrected chi connectivity index (χ2v) is 4.94. The van der Waals surface area contributed by atoms with Gasteiger partial charge in [0.1, 0.15) is 5.70 Å². The van der Waals surface area contributed by atoms with Crippen LogP contribution in [0.3, 0.4) is 0 Å². The average molecular weight is 363 g/mol. The molecule has 2 N–H and O–H groups in total. The predicted octanol–water partition coefficient (Wildman–Crippen LogP) is 1.72. The smallest absolute Gasteiger partial charge is 0.355 e. The van der Waals surface area contributed by atoms with E-state index in [0.29, 0.717) is 6.07 Å². The number of esters is 2. The summed E-state index contributed by atoms with van der Waals surface area (Å²) in [4.78, 5) is 36.8. The molecule has 136 valence electrons. The van der Waals surface area contributed by atoms with Crippen LogP contribution in [0.1, 0.15) is 10.4 Å². The number of nitrogens with zero attached hydrogens (tertiary/aromatic N) is 1. The SMILES string of the molecule is COC(=O)C1=C(C(=O)OC)N(c2cc(F)c(O)cc2C(=O)O)C=CC=C1. The van der Waals surface area contributed by atoms with E-state index in [2.05, 4.69) is 9.47 Å². The summed E-state index contributed by atoms with van der Waals surface area (Å²) in [5.74, 6) is -5.33. The quantitative estimate of drug-likeness (QED) is 0.778. The third-order valence-corrected chi connectivity index (χ3v) is 3.44. The summed E-state index contributed by atoms with van der Waals surface area (Å²) >= 11 is 0. The highest BCUT2D eigenvalue weighted by Gasteiger charge is 2.30. The van der Waals surface area contributed by atoms with Crippen LogP contribution in [0.2, 0.25) is 0 Å². The number of ether oxygens (including phenoxy) is 2. The number of halogens is 1. The average Bonchev–Trinajstić information content (AvgIpc) is 2.84. The van der Waals surface area contributed by atoms with Crippen molar-refractivity contribution in [2.45, 2.75) is 0 Å². The standard InChI is InChI=1S/C17H14FNO7/c1-25-16(23)9-5-3-4-6-19(14(9)17(24)26-2)12-8-11(18)13(20)7-10(12)15(21)22/h3-8,20H,1-2H3,(H,21,22). The van der Waals surface area contributed by atoms with E-state index in [4.69, 9.17) is 0 Å². The number of allylic oxidation sites excluding steroid dienone is 2. The molecule has 9 heteroatoms. The number of carboxylic acid groups (broad SMARTS) is 1. The molecule has 26 heavy (non-hydrogen) atoms. The van der Waals surface area contributed by atoms with Crippen LogP contribution in [0.5, 0.6) is 5.75 Å². The summed E-state index contributed by atoms with van der Waals surface area (Å²) in [6.45, 7) is 0. The van der Waals surface area contributed by atoms with Gasteiger partial charge in [-0.25, -0.2) is 18.8 Å². The molecule has 8 nitrogen and oxygen atoms in total.